The van der Waals surface area contributed by atoms with E-state index >= 15 is 0 Å². The van der Waals surface area contributed by atoms with Crippen LogP contribution in [0.25, 0.3) is 10.9 Å². The van der Waals surface area contributed by atoms with E-state index < -0.39 is 48.6 Å². The summed E-state index contributed by atoms with van der Waals surface area (Å²) in [6.45, 7) is 3.60. The van der Waals surface area contributed by atoms with E-state index in [0.29, 0.717) is 6.54 Å². The highest BCUT2D eigenvalue weighted by Gasteiger charge is 2.53. The lowest BCUT2D eigenvalue weighted by atomic mass is 9.97. The monoisotopic (exact) mass is 454 g/mol. The van der Waals surface area contributed by atoms with Gasteiger partial charge in [-0.2, -0.15) is 5.06 Å². The maximum Gasteiger partial charge on any atom is 0.343 e. The van der Waals surface area contributed by atoms with Gasteiger partial charge < -0.3 is 20.9 Å². The van der Waals surface area contributed by atoms with Gasteiger partial charge in [-0.3, -0.25) is 24.2 Å². The summed E-state index contributed by atoms with van der Waals surface area (Å²) in [7, 11) is 0. The molecule has 3 N–H and O–H groups in total. The first-order valence-electron chi connectivity index (χ1n) is 10.8. The molecule has 3 heterocycles. The van der Waals surface area contributed by atoms with Crippen molar-refractivity contribution in [2.75, 3.05) is 13.2 Å². The molecule has 0 spiro atoms. The molecule has 0 radical (unpaired) electrons. The van der Waals surface area contributed by atoms with E-state index in [-0.39, 0.29) is 13.0 Å². The van der Waals surface area contributed by atoms with Crippen molar-refractivity contribution in [2.24, 2.45) is 5.73 Å². The molecule has 2 aromatic rings. The van der Waals surface area contributed by atoms with Crippen LogP contribution in [-0.4, -0.2) is 75.0 Å². The molecule has 0 aliphatic carbocycles. The lowest BCUT2D eigenvalue weighted by Crippen LogP contribution is -2.75. The first-order chi connectivity index (χ1) is 15.8. The predicted octanol–water partition coefficient (Wildman–Crippen LogP) is 0.341. The van der Waals surface area contributed by atoms with Crippen LogP contribution >= 0.6 is 0 Å². The standard InChI is InChI=1S/C22H26N6O5/c1-3-24-22(32)28-20-13(2)26(11-15-7-4-6-14-8-5-9-25-19(14)15)21(31)16(10-17(23)29)27(20)18(30)12-33-28/h4-9,13,16,20H,3,10-12H2,1-2H3,(H2,23,29)(H,24,32)/t13-,16-,20-/m0/s1. The number of hydrogen-bond acceptors (Lipinski definition) is 6. The molecular formula is C22H26N6O5. The van der Waals surface area contributed by atoms with Crippen molar-refractivity contribution in [3.8, 4) is 0 Å². The van der Waals surface area contributed by atoms with E-state index in [4.69, 9.17) is 10.6 Å². The molecule has 0 bridgehead atoms. The number of nitrogens with two attached hydrogens (primary N) is 1. The fourth-order valence-corrected chi connectivity index (χ4v) is 4.48. The number of rotatable bonds is 5. The molecule has 0 saturated carbocycles. The lowest BCUT2D eigenvalue weighted by molar-refractivity contribution is -0.245. The lowest BCUT2D eigenvalue weighted by Gasteiger charge is -2.54. The summed E-state index contributed by atoms with van der Waals surface area (Å²) in [5, 5.41) is 4.65. The third kappa shape index (κ3) is 4.07. The Labute approximate surface area is 190 Å². The molecule has 2 fully saturated rings. The number of hydrogen-bond donors (Lipinski definition) is 2. The Balaban J connectivity index is 1.75. The fourth-order valence-electron chi connectivity index (χ4n) is 4.48. The molecule has 2 aliphatic rings. The largest absolute Gasteiger partial charge is 0.370 e. The van der Waals surface area contributed by atoms with Gasteiger partial charge in [-0.05, 0) is 25.5 Å². The molecule has 1 aromatic heterocycles. The molecule has 11 nitrogen and oxygen atoms in total. The highest BCUT2D eigenvalue weighted by Crippen LogP contribution is 2.32. The third-order valence-corrected chi connectivity index (χ3v) is 5.95. The van der Waals surface area contributed by atoms with Crippen LogP contribution in [0.1, 0.15) is 25.8 Å². The van der Waals surface area contributed by atoms with Crippen molar-refractivity contribution in [2.45, 2.75) is 45.1 Å². The first kappa shape index (κ1) is 22.5. The molecule has 1 aromatic carbocycles. The zero-order valence-electron chi connectivity index (χ0n) is 18.4. The summed E-state index contributed by atoms with van der Waals surface area (Å²) >= 11 is 0. The van der Waals surface area contributed by atoms with Crippen LogP contribution in [0.2, 0.25) is 0 Å². The van der Waals surface area contributed by atoms with Gasteiger partial charge in [0.15, 0.2) is 12.8 Å². The normalized spacial score (nSPS) is 23.0. The Hall–Kier alpha value is -3.73. The number of piperazine rings is 1. The van der Waals surface area contributed by atoms with Gasteiger partial charge in [-0.15, -0.1) is 0 Å². The van der Waals surface area contributed by atoms with Crippen LogP contribution < -0.4 is 11.1 Å². The minimum atomic E-state index is -1.14. The zero-order valence-corrected chi connectivity index (χ0v) is 18.4. The first-order valence-corrected chi connectivity index (χ1v) is 10.8. The molecule has 4 rings (SSSR count). The predicted molar refractivity (Wildman–Crippen MR) is 117 cm³/mol. The van der Waals surface area contributed by atoms with Gasteiger partial charge in [-0.25, -0.2) is 4.79 Å². The maximum absolute atomic E-state index is 13.6. The molecule has 2 aliphatic heterocycles. The van der Waals surface area contributed by atoms with E-state index in [1.807, 2.05) is 30.3 Å². The average Bonchev–Trinajstić information content (AvgIpc) is 2.79. The number of urea groups is 1. The van der Waals surface area contributed by atoms with Crippen LogP contribution in [0, 0.1) is 0 Å². The molecule has 2 saturated heterocycles. The van der Waals surface area contributed by atoms with Crippen molar-refractivity contribution in [3.63, 3.8) is 0 Å². The molecule has 0 unspecified atom stereocenters. The minimum Gasteiger partial charge on any atom is -0.370 e. The summed E-state index contributed by atoms with van der Waals surface area (Å²) in [4.78, 5) is 63.6. The smallest absolute Gasteiger partial charge is 0.343 e. The van der Waals surface area contributed by atoms with E-state index in [1.165, 1.54) is 4.90 Å². The van der Waals surface area contributed by atoms with Gasteiger partial charge in [0.2, 0.25) is 11.8 Å². The maximum atomic E-state index is 13.6. The van der Waals surface area contributed by atoms with Gasteiger partial charge in [-0.1, -0.05) is 24.3 Å². The summed E-state index contributed by atoms with van der Waals surface area (Å²) in [5.41, 5.74) is 6.96. The van der Waals surface area contributed by atoms with Crippen LogP contribution in [0.4, 0.5) is 4.79 Å². The van der Waals surface area contributed by atoms with Crippen molar-refractivity contribution < 1.29 is 24.0 Å². The Bertz CT molecular complexity index is 1100. The number of fused-ring (bicyclic) bond motifs is 2. The summed E-state index contributed by atoms with van der Waals surface area (Å²) in [6.07, 6.45) is 0.388. The summed E-state index contributed by atoms with van der Waals surface area (Å²) < 4.78 is 0. The highest BCUT2D eigenvalue weighted by atomic mass is 16.7. The van der Waals surface area contributed by atoms with Crippen LogP contribution in [0.15, 0.2) is 36.5 Å². The van der Waals surface area contributed by atoms with Gasteiger partial charge in [0.1, 0.15) is 6.04 Å². The number of primary amides is 1. The van der Waals surface area contributed by atoms with E-state index in [9.17, 15) is 19.2 Å². The van der Waals surface area contributed by atoms with Gasteiger partial charge in [0.25, 0.3) is 5.91 Å². The van der Waals surface area contributed by atoms with Crippen LogP contribution in [-0.2, 0) is 25.8 Å². The van der Waals surface area contributed by atoms with Gasteiger partial charge in [0.05, 0.1) is 18.0 Å². The zero-order chi connectivity index (χ0) is 23.7. The number of carbonyl (C=O) groups is 4. The van der Waals surface area contributed by atoms with Crippen LogP contribution in [0.3, 0.4) is 0 Å². The number of nitrogens with zero attached hydrogens (tertiary/aromatic N) is 4. The van der Waals surface area contributed by atoms with Crippen molar-refractivity contribution in [1.29, 1.82) is 0 Å². The number of amides is 5. The molecule has 11 heteroatoms. The molecule has 33 heavy (non-hydrogen) atoms. The summed E-state index contributed by atoms with van der Waals surface area (Å²) in [6, 6.07) is 7.12. The second-order valence-corrected chi connectivity index (χ2v) is 8.03. The Morgan fingerprint density at radius 2 is 2.00 bits per heavy atom. The highest BCUT2D eigenvalue weighted by molar-refractivity contribution is 5.94. The van der Waals surface area contributed by atoms with Crippen molar-refractivity contribution >= 4 is 34.7 Å². The number of aromatic nitrogens is 1. The van der Waals surface area contributed by atoms with Gasteiger partial charge in [0, 0.05) is 24.7 Å². The second-order valence-electron chi connectivity index (χ2n) is 8.03. The number of pyridine rings is 1. The minimum absolute atomic E-state index is 0.172. The van der Waals surface area contributed by atoms with Crippen molar-refractivity contribution in [3.05, 3.63) is 42.1 Å². The molecule has 5 amide bonds. The fraction of sp³-hybridized carbons (Fsp3) is 0.409. The molecular weight excluding hydrogens is 428 g/mol. The molecule has 174 valence electrons. The summed E-state index contributed by atoms with van der Waals surface area (Å²) in [5.74, 6) is -1.63. The van der Waals surface area contributed by atoms with Crippen molar-refractivity contribution in [1.82, 2.24) is 25.2 Å². The topological polar surface area (TPSA) is 138 Å². The number of carbonyl (C=O) groups excluding carboxylic acids is 4. The number of hydroxylamine groups is 2. The quantitative estimate of drug-likeness (QED) is 0.668. The second kappa shape index (κ2) is 9.02. The average molecular weight is 454 g/mol. The SMILES string of the molecule is CCNC(=O)N1OCC(=O)N2[C@@H]1[C@H](C)N(Cc1cccc3cccnc13)C(=O)[C@@H]2CC(N)=O. The Morgan fingerprint density at radius 1 is 1.24 bits per heavy atom. The number of nitrogens with one attached hydrogen (secondary N) is 1. The number of para-hydroxylation sites is 1. The Kier molecular flexibility index (Phi) is 6.14. The van der Waals surface area contributed by atoms with E-state index in [2.05, 4.69) is 10.3 Å². The number of benzene rings is 1. The molecule has 3 atom stereocenters. The van der Waals surface area contributed by atoms with Gasteiger partial charge >= 0.3 is 6.03 Å². The Morgan fingerprint density at radius 3 is 2.73 bits per heavy atom. The third-order valence-electron chi connectivity index (χ3n) is 5.95. The van der Waals surface area contributed by atoms with Crippen LogP contribution in [0.5, 0.6) is 0 Å². The van der Waals surface area contributed by atoms with E-state index in [1.54, 1.807) is 24.9 Å². The van der Waals surface area contributed by atoms with E-state index in [0.717, 1.165) is 21.5 Å².